The monoisotopic (exact) mass is 1040 g/mol. The Labute approximate surface area is 490 Å². The molecule has 7 heteroatoms. The van der Waals surface area contributed by atoms with Gasteiger partial charge in [0.2, 0.25) is 0 Å². The van der Waals surface area contributed by atoms with Crippen molar-refractivity contribution in [3.05, 3.63) is 288 Å². The summed E-state index contributed by atoms with van der Waals surface area (Å²) in [7, 11) is 31.5. The molecule has 1 aromatic heterocycles. The molecule has 0 saturated carbocycles. The van der Waals surface area contributed by atoms with E-state index < -0.39 is 0 Å². The third kappa shape index (κ3) is 10.4. The number of fused-ring (bicyclic) bond motifs is 5. The van der Waals surface area contributed by atoms with Gasteiger partial charge in [0.1, 0.15) is 39.2 Å². The molecule has 0 spiro atoms. The molecule has 10 aromatic carbocycles. The van der Waals surface area contributed by atoms with Crippen LogP contribution in [-0.2, 0) is 0 Å². The molecule has 10 radical (unpaired) electrons. The van der Waals surface area contributed by atoms with Crippen LogP contribution < -0.4 is 32.6 Å². The predicted octanol–water partition coefficient (Wildman–Crippen LogP) is 14.7. The van der Waals surface area contributed by atoms with E-state index in [2.05, 4.69) is 260 Å². The first-order chi connectivity index (χ1) is 40.2. The lowest BCUT2D eigenvalue weighted by Gasteiger charge is -2.21. The maximum atomic E-state index is 6.46. The second-order valence-corrected chi connectivity index (χ2v) is 20.2. The van der Waals surface area contributed by atoms with E-state index in [0.29, 0.717) is 16.5 Å². The van der Waals surface area contributed by atoms with Crippen molar-refractivity contribution in [2.75, 3.05) is 5.32 Å². The molecule has 0 bridgehead atoms. The Morgan fingerprint density at radius 3 is 1.78 bits per heavy atom. The summed E-state index contributed by atoms with van der Waals surface area (Å²) in [5.74, 6) is 0. The van der Waals surface area contributed by atoms with Crippen molar-refractivity contribution in [1.82, 2.24) is 4.57 Å². The summed E-state index contributed by atoms with van der Waals surface area (Å²) in [6.45, 7) is 8.38. The Morgan fingerprint density at radius 1 is 0.500 bits per heavy atom. The molecule has 1 aliphatic carbocycles. The predicted molar refractivity (Wildman–Crippen MR) is 361 cm³/mol. The van der Waals surface area contributed by atoms with Crippen LogP contribution in [0.5, 0.6) is 0 Å². The highest BCUT2D eigenvalue weighted by Crippen LogP contribution is 2.50. The first-order valence-electron chi connectivity index (χ1n) is 28.1. The number of rotatable bonds is 12. The molecule has 0 atom stereocenters. The van der Waals surface area contributed by atoms with Crippen molar-refractivity contribution in [2.24, 2.45) is 0 Å². The fourth-order valence-corrected chi connectivity index (χ4v) is 11.5. The van der Waals surface area contributed by atoms with Crippen molar-refractivity contribution in [2.45, 2.75) is 34.1 Å². The average Bonchev–Trinajstić information content (AvgIpc) is 4.24. The molecule has 2 nitrogen and oxygen atoms in total. The third-order valence-electron chi connectivity index (χ3n) is 15.4. The van der Waals surface area contributed by atoms with Crippen LogP contribution in [0, 0.1) is 0 Å². The van der Waals surface area contributed by atoms with Crippen LogP contribution in [-0.4, -0.2) is 43.8 Å². The second-order valence-electron chi connectivity index (χ2n) is 20.2. The Balaban J connectivity index is 0.00000349. The molecule has 0 fully saturated rings. The smallest absolute Gasteiger partial charge is 0.113 e. The third-order valence-corrected chi connectivity index (χ3v) is 15.4. The minimum Gasteiger partial charge on any atom is -0.361 e. The Hall–Kier alpha value is -9.18. The lowest BCUT2D eigenvalue weighted by Crippen LogP contribution is -2.55. The minimum absolute atomic E-state index is 0.197. The molecule has 0 amide bonds. The van der Waals surface area contributed by atoms with Crippen LogP contribution in [0.3, 0.4) is 0 Å². The maximum absolute atomic E-state index is 6.46. The van der Waals surface area contributed by atoms with Crippen LogP contribution in [0.2, 0.25) is 0 Å². The summed E-state index contributed by atoms with van der Waals surface area (Å²) in [4.78, 5) is 0. The van der Waals surface area contributed by atoms with Gasteiger partial charge in [-0.25, -0.2) is 0 Å². The lowest BCUT2D eigenvalue weighted by atomic mass is 9.60. The molecule has 11 aromatic rings. The van der Waals surface area contributed by atoms with Gasteiger partial charge in [-0.05, 0) is 151 Å². The Morgan fingerprint density at radius 2 is 1.10 bits per heavy atom. The molecular formula is C75H57B5N2. The molecule has 0 aliphatic heterocycles. The highest BCUT2D eigenvalue weighted by atomic mass is 15.0. The van der Waals surface area contributed by atoms with E-state index in [-0.39, 0.29) is 16.4 Å². The average molecular weight is 1040 g/mol. The Bertz CT molecular complexity index is 4310. The second kappa shape index (κ2) is 24.3. The maximum Gasteiger partial charge on any atom is 0.113 e. The van der Waals surface area contributed by atoms with E-state index in [4.69, 9.17) is 39.2 Å². The largest absolute Gasteiger partial charge is 0.361 e. The number of hydrogen-bond acceptors (Lipinski definition) is 1. The summed E-state index contributed by atoms with van der Waals surface area (Å²) in [6, 6.07) is 75.6. The van der Waals surface area contributed by atoms with Gasteiger partial charge in [-0.1, -0.05) is 232 Å². The summed E-state index contributed by atoms with van der Waals surface area (Å²) in [5.41, 5.74) is 22.3. The number of aromatic nitrogens is 1. The van der Waals surface area contributed by atoms with Crippen LogP contribution in [0.15, 0.2) is 254 Å². The van der Waals surface area contributed by atoms with Gasteiger partial charge in [0.25, 0.3) is 0 Å². The van der Waals surface area contributed by atoms with Crippen molar-refractivity contribution in [3.63, 3.8) is 0 Å². The number of allylic oxidation sites excluding steroid dienone is 9. The highest BCUT2D eigenvalue weighted by Gasteiger charge is 2.30. The molecule has 1 N–H and O–H groups in total. The fourth-order valence-electron chi connectivity index (χ4n) is 11.5. The number of para-hydroxylation sites is 1. The molecule has 82 heavy (non-hydrogen) atoms. The molecule has 0 saturated heterocycles. The summed E-state index contributed by atoms with van der Waals surface area (Å²) in [6.07, 6.45) is 16.4. The van der Waals surface area contributed by atoms with E-state index in [0.717, 1.165) is 73.0 Å². The summed E-state index contributed by atoms with van der Waals surface area (Å²) in [5, 5.41) is 8.23. The molecule has 1 aliphatic rings. The normalized spacial score (nSPS) is 13.4. The van der Waals surface area contributed by atoms with E-state index in [1.54, 1.807) is 0 Å². The molecule has 382 valence electrons. The van der Waals surface area contributed by atoms with Crippen molar-refractivity contribution in [1.29, 1.82) is 0 Å². The van der Waals surface area contributed by atoms with Gasteiger partial charge in [-0.3, -0.25) is 0 Å². The van der Waals surface area contributed by atoms with Gasteiger partial charge in [0, 0.05) is 33.7 Å². The zero-order valence-corrected chi connectivity index (χ0v) is 46.8. The Kier molecular flexibility index (Phi) is 16.2. The zero-order chi connectivity index (χ0) is 56.9. The minimum atomic E-state index is 0.197. The number of anilines is 1. The first kappa shape index (κ1) is 54.8. The van der Waals surface area contributed by atoms with E-state index >= 15 is 0 Å². The molecular weight excluding hydrogens is 983 g/mol. The molecule has 0 unspecified atom stereocenters. The van der Waals surface area contributed by atoms with Crippen molar-refractivity contribution < 1.29 is 0 Å². The van der Waals surface area contributed by atoms with E-state index in [1.165, 1.54) is 55.3 Å². The van der Waals surface area contributed by atoms with Gasteiger partial charge in [-0.15, -0.1) is 16.4 Å². The van der Waals surface area contributed by atoms with Crippen LogP contribution in [0.25, 0.3) is 88.9 Å². The standard InChI is InChI=1S/C73H51B5N2.C2H6/c1-3-17-60-56(4-2)58-41-30-46(44-62(58)68(60)66(51-19-7-5-8-20-51)52-21-9-6-10-22-52)29-31-47(24-16-43-79-63-27-15-23-50-18-11-12-25-57(50)63)48-32-34-49(35-33-48)54-38-42-65-61(45-54)59-26-13-14-28-64(59)80(65)55-39-36-53(37-40-55)67-69(74)71(76)73(78)72(77)70(67)75;1-2/h4-45,79H,3H2,1-2H3;1-2H3/b31-29-,43-16+,47-24+,56-4-,60-17+;. The van der Waals surface area contributed by atoms with Gasteiger partial charge in [-0.2, -0.15) is 0 Å². The topological polar surface area (TPSA) is 17.0 Å². The van der Waals surface area contributed by atoms with Crippen LogP contribution >= 0.6 is 0 Å². The summed E-state index contributed by atoms with van der Waals surface area (Å²) < 4.78 is 2.29. The van der Waals surface area contributed by atoms with Crippen LogP contribution in [0.4, 0.5) is 5.69 Å². The van der Waals surface area contributed by atoms with Gasteiger partial charge in [0.05, 0.1) is 11.0 Å². The van der Waals surface area contributed by atoms with Crippen LogP contribution in [0.1, 0.15) is 67.5 Å². The van der Waals surface area contributed by atoms with Gasteiger partial charge < -0.3 is 9.88 Å². The first-order valence-corrected chi connectivity index (χ1v) is 28.1. The quantitative estimate of drug-likeness (QED) is 0.0953. The van der Waals surface area contributed by atoms with Crippen molar-refractivity contribution >= 4 is 133 Å². The van der Waals surface area contributed by atoms with Gasteiger partial charge in [0.15, 0.2) is 0 Å². The molecule has 12 rings (SSSR count). The SMILES string of the molecule is CC.[B]c1c([B])c([B])c(-c2ccc(-n3c4ccccc4c4cc(-c5ccc(C(/C=C\c6ccc7c(c6)C(=C(c6ccccc6)c6ccccc6)C(=C/CC)/C7=C\C)=C/C=C/Nc6cccc7ccccc67)cc5)ccc43)cc2)c([B])c1[B]. The zero-order valence-electron chi connectivity index (χ0n) is 46.8. The number of nitrogens with zero attached hydrogens (tertiary/aromatic N) is 1. The van der Waals surface area contributed by atoms with Gasteiger partial charge >= 0.3 is 0 Å². The highest BCUT2D eigenvalue weighted by molar-refractivity contribution is 6.68. The van der Waals surface area contributed by atoms with E-state index in [1.807, 2.05) is 32.2 Å². The van der Waals surface area contributed by atoms with Crippen molar-refractivity contribution in [3.8, 4) is 27.9 Å². The number of benzene rings is 10. The molecule has 1 heterocycles. The fraction of sp³-hybridized carbons (Fsp3) is 0.0667. The number of hydrogen-bond donors (Lipinski definition) is 1. The van der Waals surface area contributed by atoms with E-state index in [9.17, 15) is 0 Å². The number of nitrogens with one attached hydrogen (secondary N) is 1. The lowest BCUT2D eigenvalue weighted by molar-refractivity contribution is 1.18. The summed E-state index contributed by atoms with van der Waals surface area (Å²) >= 11 is 0.